The zero-order valence-electron chi connectivity index (χ0n) is 8.95. The van der Waals surface area contributed by atoms with Gasteiger partial charge in [0.2, 0.25) is 0 Å². The average Bonchev–Trinajstić information content (AvgIpc) is 2.53. The Morgan fingerprint density at radius 2 is 1.93 bits per heavy atom. The first-order chi connectivity index (χ1) is 7.11. The summed E-state index contributed by atoms with van der Waals surface area (Å²) in [5.74, 6) is 0. The molecule has 0 fully saturated rings. The number of aromatic nitrogens is 3. The Morgan fingerprint density at radius 1 is 1.20 bits per heavy atom. The van der Waals surface area contributed by atoms with Crippen LogP contribution in [0.1, 0.15) is 17.0 Å². The second kappa shape index (κ2) is 3.77. The SMILES string of the molecule is Cc1nnn(-c2cccc(Br)c2C)c1C. The van der Waals surface area contributed by atoms with Crippen LogP contribution in [-0.2, 0) is 0 Å². The van der Waals surface area contributed by atoms with Crippen LogP contribution in [0.5, 0.6) is 0 Å². The molecule has 0 atom stereocenters. The van der Waals surface area contributed by atoms with E-state index in [2.05, 4.69) is 33.2 Å². The molecule has 0 spiro atoms. The van der Waals surface area contributed by atoms with Gasteiger partial charge in [-0.25, -0.2) is 4.68 Å². The van der Waals surface area contributed by atoms with Crippen molar-refractivity contribution in [3.8, 4) is 5.69 Å². The van der Waals surface area contributed by atoms with E-state index in [0.29, 0.717) is 0 Å². The molecule has 0 unspecified atom stereocenters. The largest absolute Gasteiger partial charge is 0.217 e. The maximum absolute atomic E-state index is 4.13. The van der Waals surface area contributed by atoms with Crippen molar-refractivity contribution in [2.75, 3.05) is 0 Å². The number of rotatable bonds is 1. The molecule has 2 aromatic rings. The molecule has 1 heterocycles. The summed E-state index contributed by atoms with van der Waals surface area (Å²) in [6.07, 6.45) is 0. The highest BCUT2D eigenvalue weighted by Crippen LogP contribution is 2.23. The number of hydrogen-bond acceptors (Lipinski definition) is 2. The quantitative estimate of drug-likeness (QED) is 0.794. The molecule has 0 aliphatic carbocycles. The van der Waals surface area contributed by atoms with Crippen LogP contribution in [0.4, 0.5) is 0 Å². The van der Waals surface area contributed by atoms with Crippen molar-refractivity contribution >= 4 is 15.9 Å². The lowest BCUT2D eigenvalue weighted by molar-refractivity contribution is 0.779. The summed E-state index contributed by atoms with van der Waals surface area (Å²) >= 11 is 3.51. The van der Waals surface area contributed by atoms with Gasteiger partial charge in [0.25, 0.3) is 0 Å². The second-order valence-corrected chi connectivity index (χ2v) is 4.41. The van der Waals surface area contributed by atoms with E-state index in [4.69, 9.17) is 0 Å². The first kappa shape index (κ1) is 10.4. The summed E-state index contributed by atoms with van der Waals surface area (Å²) in [6.45, 7) is 6.05. The summed E-state index contributed by atoms with van der Waals surface area (Å²) in [6, 6.07) is 6.07. The molecule has 2 rings (SSSR count). The third kappa shape index (κ3) is 1.69. The lowest BCUT2D eigenvalue weighted by Gasteiger charge is -2.08. The third-order valence-electron chi connectivity index (χ3n) is 2.59. The van der Waals surface area contributed by atoms with Crippen LogP contribution < -0.4 is 0 Å². The number of nitrogens with zero attached hydrogens (tertiary/aromatic N) is 3. The molecule has 0 aliphatic rings. The summed E-state index contributed by atoms with van der Waals surface area (Å²) in [5, 5.41) is 8.19. The minimum atomic E-state index is 0.967. The van der Waals surface area contributed by atoms with Gasteiger partial charge in [0.15, 0.2) is 0 Å². The second-order valence-electron chi connectivity index (χ2n) is 3.56. The molecule has 1 aromatic carbocycles. The van der Waals surface area contributed by atoms with Gasteiger partial charge >= 0.3 is 0 Å². The molecule has 0 N–H and O–H groups in total. The zero-order valence-corrected chi connectivity index (χ0v) is 10.5. The van der Waals surface area contributed by atoms with Crippen LogP contribution in [0.2, 0.25) is 0 Å². The van der Waals surface area contributed by atoms with Crippen LogP contribution in [0.25, 0.3) is 5.69 Å². The van der Waals surface area contributed by atoms with Gasteiger partial charge in [-0.05, 0) is 38.5 Å². The fourth-order valence-corrected chi connectivity index (χ4v) is 1.81. The van der Waals surface area contributed by atoms with Crippen molar-refractivity contribution in [2.24, 2.45) is 0 Å². The highest BCUT2D eigenvalue weighted by Gasteiger charge is 2.09. The van der Waals surface area contributed by atoms with Gasteiger partial charge in [0, 0.05) is 4.47 Å². The molecule has 4 heteroatoms. The summed E-state index contributed by atoms with van der Waals surface area (Å²) in [7, 11) is 0. The Labute approximate surface area is 97.2 Å². The molecule has 0 saturated carbocycles. The minimum absolute atomic E-state index is 0.967. The van der Waals surface area contributed by atoms with Crippen LogP contribution in [0.3, 0.4) is 0 Å². The van der Waals surface area contributed by atoms with Crippen molar-refractivity contribution in [1.82, 2.24) is 15.0 Å². The molecule has 0 radical (unpaired) electrons. The van der Waals surface area contributed by atoms with Crippen LogP contribution in [-0.4, -0.2) is 15.0 Å². The van der Waals surface area contributed by atoms with Crippen molar-refractivity contribution in [3.63, 3.8) is 0 Å². The van der Waals surface area contributed by atoms with Gasteiger partial charge in [-0.1, -0.05) is 27.2 Å². The Kier molecular flexibility index (Phi) is 2.61. The molecule has 3 nitrogen and oxygen atoms in total. The summed E-state index contributed by atoms with van der Waals surface area (Å²) < 4.78 is 2.96. The van der Waals surface area contributed by atoms with E-state index in [1.165, 1.54) is 5.56 Å². The number of benzene rings is 1. The van der Waals surface area contributed by atoms with E-state index >= 15 is 0 Å². The molecule has 15 heavy (non-hydrogen) atoms. The van der Waals surface area contributed by atoms with E-state index in [0.717, 1.165) is 21.5 Å². The molecule has 0 aliphatic heterocycles. The van der Waals surface area contributed by atoms with Gasteiger partial charge in [-0.15, -0.1) is 5.10 Å². The Morgan fingerprint density at radius 3 is 2.53 bits per heavy atom. The topological polar surface area (TPSA) is 30.7 Å². The molecule has 0 amide bonds. The molecule has 1 aromatic heterocycles. The Balaban J connectivity index is 2.64. The maximum Gasteiger partial charge on any atom is 0.0830 e. The molecule has 78 valence electrons. The predicted octanol–water partition coefficient (Wildman–Crippen LogP) is 2.96. The molecular weight excluding hydrogens is 254 g/mol. The van der Waals surface area contributed by atoms with Crippen molar-refractivity contribution in [2.45, 2.75) is 20.8 Å². The van der Waals surface area contributed by atoms with Crippen LogP contribution in [0.15, 0.2) is 22.7 Å². The Hall–Kier alpha value is -1.16. The fourth-order valence-electron chi connectivity index (χ4n) is 1.46. The Bertz CT molecular complexity index is 503. The smallest absolute Gasteiger partial charge is 0.0830 e. The summed E-state index contributed by atoms with van der Waals surface area (Å²) in [5.41, 5.74) is 4.29. The normalized spacial score (nSPS) is 10.7. The van der Waals surface area contributed by atoms with Gasteiger partial charge in [0.1, 0.15) is 0 Å². The van der Waals surface area contributed by atoms with Gasteiger partial charge in [-0.3, -0.25) is 0 Å². The number of aryl methyl sites for hydroxylation is 1. The number of halogens is 1. The molecular formula is C11H12BrN3. The number of hydrogen-bond donors (Lipinski definition) is 0. The predicted molar refractivity (Wildman–Crippen MR) is 63.3 cm³/mol. The first-order valence-corrected chi connectivity index (χ1v) is 5.55. The van der Waals surface area contributed by atoms with Gasteiger partial charge < -0.3 is 0 Å². The molecule has 0 saturated heterocycles. The van der Waals surface area contributed by atoms with E-state index in [-0.39, 0.29) is 0 Å². The average molecular weight is 266 g/mol. The standard InChI is InChI=1S/C11H12BrN3/c1-7-10(12)5-4-6-11(7)15-9(3)8(2)13-14-15/h4-6H,1-3H3. The highest BCUT2D eigenvalue weighted by atomic mass is 79.9. The lowest BCUT2D eigenvalue weighted by atomic mass is 10.2. The van der Waals surface area contributed by atoms with E-state index in [1.54, 1.807) is 0 Å². The van der Waals surface area contributed by atoms with Crippen molar-refractivity contribution < 1.29 is 0 Å². The van der Waals surface area contributed by atoms with Gasteiger partial charge in [-0.2, -0.15) is 0 Å². The van der Waals surface area contributed by atoms with E-state index in [1.807, 2.05) is 36.7 Å². The first-order valence-electron chi connectivity index (χ1n) is 4.75. The van der Waals surface area contributed by atoms with E-state index in [9.17, 15) is 0 Å². The minimum Gasteiger partial charge on any atom is -0.217 e. The van der Waals surface area contributed by atoms with Crippen LogP contribution in [0, 0.1) is 20.8 Å². The van der Waals surface area contributed by atoms with Crippen molar-refractivity contribution in [3.05, 3.63) is 39.6 Å². The summed E-state index contributed by atoms with van der Waals surface area (Å²) in [4.78, 5) is 0. The van der Waals surface area contributed by atoms with Gasteiger partial charge in [0.05, 0.1) is 17.1 Å². The lowest BCUT2D eigenvalue weighted by Crippen LogP contribution is -2.01. The van der Waals surface area contributed by atoms with Crippen LogP contribution >= 0.6 is 15.9 Å². The third-order valence-corrected chi connectivity index (χ3v) is 3.45. The van der Waals surface area contributed by atoms with Crippen molar-refractivity contribution in [1.29, 1.82) is 0 Å². The monoisotopic (exact) mass is 265 g/mol. The fraction of sp³-hybridized carbons (Fsp3) is 0.273. The zero-order chi connectivity index (χ0) is 11.0. The maximum atomic E-state index is 4.13. The van der Waals surface area contributed by atoms with E-state index < -0.39 is 0 Å². The highest BCUT2D eigenvalue weighted by molar-refractivity contribution is 9.10. The molecule has 0 bridgehead atoms.